The van der Waals surface area contributed by atoms with Gasteiger partial charge in [-0.1, -0.05) is 6.07 Å². The maximum Gasteiger partial charge on any atom is 0.159 e. The first kappa shape index (κ1) is 13.5. The molecule has 0 atom stereocenters. The van der Waals surface area contributed by atoms with Gasteiger partial charge in [-0.2, -0.15) is 0 Å². The van der Waals surface area contributed by atoms with E-state index in [-0.39, 0.29) is 0 Å². The van der Waals surface area contributed by atoms with Gasteiger partial charge in [0.2, 0.25) is 0 Å². The molecule has 1 aliphatic rings. The third kappa shape index (κ3) is 3.29. The van der Waals surface area contributed by atoms with Crippen molar-refractivity contribution in [1.82, 2.24) is 4.90 Å². The summed E-state index contributed by atoms with van der Waals surface area (Å²) in [7, 11) is 0. The Morgan fingerprint density at radius 1 is 1.17 bits per heavy atom. The van der Waals surface area contributed by atoms with Crippen molar-refractivity contribution >= 4 is 0 Å². The maximum absolute atomic E-state index is 13.1. The maximum atomic E-state index is 13.1. The fraction of sp³-hybridized carbons (Fsp3) is 0.600. The van der Waals surface area contributed by atoms with Crippen molar-refractivity contribution in [3.8, 4) is 0 Å². The normalized spacial score (nSPS) is 18.5. The average molecular weight is 253 g/mol. The molecule has 0 bridgehead atoms. The van der Waals surface area contributed by atoms with E-state index in [1.807, 2.05) is 0 Å². The SMILES string of the molecule is CC(C)N1CCC(Cc2ccc(F)c(F)c2)CC1. The molecule has 0 saturated carbocycles. The molecule has 0 unspecified atom stereocenters. The zero-order valence-electron chi connectivity index (χ0n) is 11.1. The molecule has 0 spiro atoms. The van der Waals surface area contributed by atoms with E-state index in [1.54, 1.807) is 6.07 Å². The van der Waals surface area contributed by atoms with E-state index in [0.717, 1.165) is 37.9 Å². The van der Waals surface area contributed by atoms with Crippen LogP contribution in [0.3, 0.4) is 0 Å². The summed E-state index contributed by atoms with van der Waals surface area (Å²) in [4.78, 5) is 2.47. The number of likely N-dealkylation sites (tertiary alicyclic amines) is 1. The Balaban J connectivity index is 1.89. The van der Waals surface area contributed by atoms with Gasteiger partial charge in [0.1, 0.15) is 0 Å². The molecule has 0 radical (unpaired) electrons. The van der Waals surface area contributed by atoms with E-state index in [0.29, 0.717) is 12.0 Å². The van der Waals surface area contributed by atoms with Crippen LogP contribution in [-0.2, 0) is 6.42 Å². The van der Waals surface area contributed by atoms with E-state index in [4.69, 9.17) is 0 Å². The van der Waals surface area contributed by atoms with Crippen LogP contribution in [0, 0.1) is 17.6 Å². The van der Waals surface area contributed by atoms with Crippen LogP contribution in [0.2, 0.25) is 0 Å². The van der Waals surface area contributed by atoms with Crippen LogP contribution in [-0.4, -0.2) is 24.0 Å². The highest BCUT2D eigenvalue weighted by molar-refractivity contribution is 5.18. The second-order valence-electron chi connectivity index (χ2n) is 5.53. The van der Waals surface area contributed by atoms with Gasteiger partial charge in [0.25, 0.3) is 0 Å². The third-order valence-electron chi connectivity index (χ3n) is 3.89. The second kappa shape index (κ2) is 5.79. The smallest absolute Gasteiger partial charge is 0.159 e. The van der Waals surface area contributed by atoms with Gasteiger partial charge in [-0.15, -0.1) is 0 Å². The Morgan fingerprint density at radius 2 is 1.83 bits per heavy atom. The molecule has 3 heteroatoms. The van der Waals surface area contributed by atoms with Crippen molar-refractivity contribution < 1.29 is 8.78 Å². The van der Waals surface area contributed by atoms with Gasteiger partial charge in [-0.3, -0.25) is 0 Å². The highest BCUT2D eigenvalue weighted by Crippen LogP contribution is 2.23. The first-order chi connectivity index (χ1) is 8.56. The van der Waals surface area contributed by atoms with Gasteiger partial charge in [0.15, 0.2) is 11.6 Å². The topological polar surface area (TPSA) is 3.24 Å². The molecule has 1 saturated heterocycles. The van der Waals surface area contributed by atoms with E-state index in [9.17, 15) is 8.78 Å². The monoisotopic (exact) mass is 253 g/mol. The van der Waals surface area contributed by atoms with E-state index in [2.05, 4.69) is 18.7 Å². The van der Waals surface area contributed by atoms with Gasteiger partial charge in [-0.25, -0.2) is 8.78 Å². The lowest BCUT2D eigenvalue weighted by Gasteiger charge is -2.34. The lowest BCUT2D eigenvalue weighted by atomic mass is 9.89. The molecule has 100 valence electrons. The number of nitrogens with zero attached hydrogens (tertiary/aromatic N) is 1. The molecule has 1 aliphatic heterocycles. The van der Waals surface area contributed by atoms with E-state index < -0.39 is 11.6 Å². The molecular formula is C15H21F2N. The molecule has 0 amide bonds. The van der Waals surface area contributed by atoms with Gasteiger partial charge >= 0.3 is 0 Å². The zero-order valence-corrected chi connectivity index (χ0v) is 11.1. The Bertz CT molecular complexity index is 395. The summed E-state index contributed by atoms with van der Waals surface area (Å²) in [5.41, 5.74) is 0.914. The fourth-order valence-electron chi connectivity index (χ4n) is 2.67. The first-order valence-electron chi connectivity index (χ1n) is 6.74. The highest BCUT2D eigenvalue weighted by Gasteiger charge is 2.21. The van der Waals surface area contributed by atoms with Crippen LogP contribution in [0.1, 0.15) is 32.3 Å². The molecule has 2 rings (SSSR count). The summed E-state index contributed by atoms with van der Waals surface area (Å²) in [6.07, 6.45) is 3.16. The molecular weight excluding hydrogens is 232 g/mol. The predicted molar refractivity (Wildman–Crippen MR) is 69.5 cm³/mol. The lowest BCUT2D eigenvalue weighted by molar-refractivity contribution is 0.149. The predicted octanol–water partition coefficient (Wildman–Crippen LogP) is 3.63. The summed E-state index contributed by atoms with van der Waals surface area (Å²) in [5, 5.41) is 0. The molecule has 0 aliphatic carbocycles. The van der Waals surface area contributed by atoms with Crippen molar-refractivity contribution in [2.24, 2.45) is 5.92 Å². The summed E-state index contributed by atoms with van der Waals surface area (Å²) in [6, 6.07) is 4.87. The number of piperidine rings is 1. The molecule has 0 aromatic heterocycles. The zero-order chi connectivity index (χ0) is 13.1. The van der Waals surface area contributed by atoms with Gasteiger partial charge in [0, 0.05) is 6.04 Å². The number of halogens is 2. The summed E-state index contributed by atoms with van der Waals surface area (Å²) in [6.45, 7) is 6.67. The first-order valence-corrected chi connectivity index (χ1v) is 6.74. The van der Waals surface area contributed by atoms with Crippen molar-refractivity contribution in [2.75, 3.05) is 13.1 Å². The molecule has 1 fully saturated rings. The summed E-state index contributed by atoms with van der Waals surface area (Å²) >= 11 is 0. The third-order valence-corrected chi connectivity index (χ3v) is 3.89. The minimum atomic E-state index is -0.756. The van der Waals surface area contributed by atoms with Gasteiger partial charge < -0.3 is 4.90 Å². The number of rotatable bonds is 3. The van der Waals surface area contributed by atoms with Crippen LogP contribution in [0.15, 0.2) is 18.2 Å². The number of hydrogen-bond donors (Lipinski definition) is 0. The molecule has 0 N–H and O–H groups in total. The largest absolute Gasteiger partial charge is 0.301 e. The molecule has 1 heterocycles. The van der Waals surface area contributed by atoms with Gasteiger partial charge in [0.05, 0.1) is 0 Å². The van der Waals surface area contributed by atoms with Crippen LogP contribution in [0.5, 0.6) is 0 Å². The quantitative estimate of drug-likeness (QED) is 0.795. The minimum absolute atomic E-state index is 0.602. The summed E-state index contributed by atoms with van der Waals surface area (Å²) in [5.74, 6) is -0.884. The minimum Gasteiger partial charge on any atom is -0.301 e. The Hall–Kier alpha value is -0.960. The Morgan fingerprint density at radius 3 is 2.39 bits per heavy atom. The van der Waals surface area contributed by atoms with Crippen molar-refractivity contribution in [3.05, 3.63) is 35.4 Å². The van der Waals surface area contributed by atoms with Gasteiger partial charge in [-0.05, 0) is 69.8 Å². The van der Waals surface area contributed by atoms with Crippen LogP contribution in [0.25, 0.3) is 0 Å². The van der Waals surface area contributed by atoms with Crippen LogP contribution >= 0.6 is 0 Å². The Kier molecular flexibility index (Phi) is 4.33. The molecule has 1 aromatic carbocycles. The Labute approximate surface area is 108 Å². The van der Waals surface area contributed by atoms with Crippen molar-refractivity contribution in [2.45, 2.75) is 39.2 Å². The average Bonchev–Trinajstić information content (AvgIpc) is 2.34. The highest BCUT2D eigenvalue weighted by atomic mass is 19.2. The van der Waals surface area contributed by atoms with E-state index >= 15 is 0 Å². The molecule has 1 aromatic rings. The number of hydrogen-bond acceptors (Lipinski definition) is 1. The summed E-state index contributed by atoms with van der Waals surface area (Å²) < 4.78 is 26.0. The van der Waals surface area contributed by atoms with Crippen LogP contribution < -0.4 is 0 Å². The second-order valence-corrected chi connectivity index (χ2v) is 5.53. The number of benzene rings is 1. The van der Waals surface area contributed by atoms with E-state index in [1.165, 1.54) is 12.1 Å². The molecule has 1 nitrogen and oxygen atoms in total. The van der Waals surface area contributed by atoms with Crippen LogP contribution in [0.4, 0.5) is 8.78 Å². The standard InChI is InChI=1S/C15H21F2N/c1-11(2)18-7-5-12(6-8-18)9-13-3-4-14(16)15(17)10-13/h3-4,10-12H,5-9H2,1-2H3. The van der Waals surface area contributed by atoms with Crippen molar-refractivity contribution in [3.63, 3.8) is 0 Å². The van der Waals surface area contributed by atoms with Crippen molar-refractivity contribution in [1.29, 1.82) is 0 Å². The lowest BCUT2D eigenvalue weighted by Crippen LogP contribution is -2.38. The fourth-order valence-corrected chi connectivity index (χ4v) is 2.67. The molecule has 18 heavy (non-hydrogen) atoms.